The van der Waals surface area contributed by atoms with Gasteiger partial charge < -0.3 is 10.2 Å². The molecule has 2 aromatic rings. The molecule has 1 aromatic heterocycles. The van der Waals surface area contributed by atoms with Gasteiger partial charge in [-0.3, -0.25) is 4.98 Å². The number of amides is 2. The van der Waals surface area contributed by atoms with E-state index in [-0.39, 0.29) is 29.1 Å². The number of hydrogen-bond donors (Lipinski definition) is 1. The van der Waals surface area contributed by atoms with Gasteiger partial charge in [-0.2, -0.15) is 0 Å². The molecule has 2 heterocycles. The highest BCUT2D eigenvalue weighted by Crippen LogP contribution is 2.23. The third-order valence-electron chi connectivity index (χ3n) is 5.37. The molecule has 0 radical (unpaired) electrons. The maximum absolute atomic E-state index is 13.9. The van der Waals surface area contributed by atoms with Crippen molar-refractivity contribution in [2.24, 2.45) is 0 Å². The second-order valence-corrected chi connectivity index (χ2v) is 9.63. The molecule has 0 spiro atoms. The number of urea groups is 1. The number of sulfonamides is 1. The molecular formula is C21H26F2N4O3S. The molecule has 2 amide bonds. The molecule has 168 valence electrons. The Hall–Kier alpha value is -2.59. The lowest BCUT2D eigenvalue weighted by atomic mass is 10.1. The molecule has 31 heavy (non-hydrogen) atoms. The number of carbonyl (C=O) groups is 1. The Labute approximate surface area is 181 Å². The zero-order valence-corrected chi connectivity index (χ0v) is 18.3. The van der Waals surface area contributed by atoms with Crippen molar-refractivity contribution in [3.63, 3.8) is 0 Å². The Morgan fingerprint density at radius 2 is 1.94 bits per heavy atom. The van der Waals surface area contributed by atoms with Gasteiger partial charge in [-0.05, 0) is 49.6 Å². The lowest BCUT2D eigenvalue weighted by molar-refractivity contribution is 0.174. The first-order valence-corrected chi connectivity index (χ1v) is 11.8. The third kappa shape index (κ3) is 5.56. The van der Waals surface area contributed by atoms with Gasteiger partial charge in [0.2, 0.25) is 10.0 Å². The molecular weight excluding hydrogens is 426 g/mol. The average molecular weight is 453 g/mol. The summed E-state index contributed by atoms with van der Waals surface area (Å²) in [6, 6.07) is 5.78. The van der Waals surface area contributed by atoms with Gasteiger partial charge >= 0.3 is 6.03 Å². The Balaban J connectivity index is 1.58. The predicted molar refractivity (Wildman–Crippen MR) is 115 cm³/mol. The second-order valence-electron chi connectivity index (χ2n) is 7.54. The van der Waals surface area contributed by atoms with E-state index in [1.807, 2.05) is 6.92 Å². The molecule has 1 saturated heterocycles. The second kappa shape index (κ2) is 9.69. The van der Waals surface area contributed by atoms with E-state index in [1.54, 1.807) is 18.0 Å². The first-order chi connectivity index (χ1) is 14.7. The van der Waals surface area contributed by atoms with Gasteiger partial charge in [-0.25, -0.2) is 26.3 Å². The number of piperidine rings is 1. The van der Waals surface area contributed by atoms with Crippen LogP contribution in [0.5, 0.6) is 0 Å². The average Bonchev–Trinajstić information content (AvgIpc) is 2.75. The number of nitrogens with zero attached hydrogens (tertiary/aromatic N) is 3. The summed E-state index contributed by atoms with van der Waals surface area (Å²) >= 11 is 0. The zero-order chi connectivity index (χ0) is 22.6. The molecule has 0 atom stereocenters. The summed E-state index contributed by atoms with van der Waals surface area (Å²) in [4.78, 5) is 18.3. The van der Waals surface area contributed by atoms with Crippen molar-refractivity contribution in [2.75, 3.05) is 31.2 Å². The van der Waals surface area contributed by atoms with Crippen LogP contribution in [0.2, 0.25) is 0 Å². The SMILES string of the molecule is CCCS(=O)(=O)N1CCC(N(C)C(=O)Nc2ccc(-c3cc(F)ccc3F)nc2)CC1. The van der Waals surface area contributed by atoms with E-state index in [0.717, 1.165) is 18.2 Å². The molecule has 1 aliphatic heterocycles. The van der Waals surface area contributed by atoms with E-state index < -0.39 is 21.7 Å². The molecule has 0 saturated carbocycles. The molecule has 0 bridgehead atoms. The fraction of sp³-hybridized carbons (Fsp3) is 0.429. The summed E-state index contributed by atoms with van der Waals surface area (Å²) in [6.07, 6.45) is 3.07. The van der Waals surface area contributed by atoms with Crippen LogP contribution in [0, 0.1) is 11.6 Å². The van der Waals surface area contributed by atoms with Crippen LogP contribution in [-0.2, 0) is 10.0 Å². The maximum atomic E-state index is 13.9. The van der Waals surface area contributed by atoms with Crippen LogP contribution in [-0.4, -0.2) is 60.6 Å². The number of aromatic nitrogens is 1. The van der Waals surface area contributed by atoms with Gasteiger partial charge in [0.05, 0.1) is 23.3 Å². The minimum absolute atomic E-state index is 0.0415. The Bertz CT molecular complexity index is 1020. The van der Waals surface area contributed by atoms with Gasteiger partial charge in [0.15, 0.2) is 0 Å². The first kappa shape index (κ1) is 23.1. The lowest BCUT2D eigenvalue weighted by Crippen LogP contribution is -2.48. The van der Waals surface area contributed by atoms with Gasteiger partial charge in [-0.1, -0.05) is 6.92 Å². The predicted octanol–water partition coefficient (Wildman–Crippen LogP) is 3.69. The number of benzene rings is 1. The van der Waals surface area contributed by atoms with E-state index in [2.05, 4.69) is 10.3 Å². The fourth-order valence-electron chi connectivity index (χ4n) is 3.59. The van der Waals surface area contributed by atoms with Crippen LogP contribution in [0.4, 0.5) is 19.3 Å². The summed E-state index contributed by atoms with van der Waals surface area (Å²) in [5.74, 6) is -1.01. The standard InChI is InChI=1S/C21H26F2N4O3S/c1-3-12-31(29,30)27-10-8-17(9-11-27)26(2)21(28)25-16-5-7-20(24-14-16)18-13-15(22)4-6-19(18)23/h4-7,13-14,17H,3,8-12H2,1-2H3,(H,25,28). The Kier molecular flexibility index (Phi) is 7.22. The number of halogens is 2. The minimum atomic E-state index is -3.23. The van der Waals surface area contributed by atoms with E-state index in [9.17, 15) is 22.0 Å². The largest absolute Gasteiger partial charge is 0.325 e. The van der Waals surface area contributed by atoms with Crippen molar-refractivity contribution in [3.8, 4) is 11.3 Å². The van der Waals surface area contributed by atoms with Gasteiger partial charge in [0.1, 0.15) is 11.6 Å². The van der Waals surface area contributed by atoms with E-state index in [0.29, 0.717) is 38.0 Å². The molecule has 7 nitrogen and oxygen atoms in total. The topological polar surface area (TPSA) is 82.6 Å². The van der Waals surface area contributed by atoms with Crippen LogP contribution >= 0.6 is 0 Å². The molecule has 10 heteroatoms. The number of pyridine rings is 1. The summed E-state index contributed by atoms with van der Waals surface area (Å²) in [5, 5.41) is 2.73. The third-order valence-corrected chi connectivity index (χ3v) is 7.44. The summed E-state index contributed by atoms with van der Waals surface area (Å²) in [7, 11) is -1.56. The Morgan fingerprint density at radius 1 is 1.23 bits per heavy atom. The van der Waals surface area contributed by atoms with E-state index in [1.165, 1.54) is 16.6 Å². The molecule has 1 aromatic carbocycles. The fourth-order valence-corrected chi connectivity index (χ4v) is 5.13. The van der Waals surface area contributed by atoms with Crippen LogP contribution in [0.1, 0.15) is 26.2 Å². The summed E-state index contributed by atoms with van der Waals surface area (Å²) < 4.78 is 53.2. The van der Waals surface area contributed by atoms with Crippen molar-refractivity contribution >= 4 is 21.7 Å². The number of nitrogens with one attached hydrogen (secondary N) is 1. The molecule has 1 N–H and O–H groups in total. The highest BCUT2D eigenvalue weighted by molar-refractivity contribution is 7.89. The van der Waals surface area contributed by atoms with Crippen molar-refractivity contribution in [2.45, 2.75) is 32.2 Å². The zero-order valence-electron chi connectivity index (χ0n) is 17.5. The number of anilines is 1. The molecule has 0 aliphatic carbocycles. The van der Waals surface area contributed by atoms with Crippen molar-refractivity contribution in [1.29, 1.82) is 0 Å². The first-order valence-electron chi connectivity index (χ1n) is 10.1. The van der Waals surface area contributed by atoms with Gasteiger partial charge in [0, 0.05) is 31.7 Å². The van der Waals surface area contributed by atoms with Crippen LogP contribution in [0.3, 0.4) is 0 Å². The van der Waals surface area contributed by atoms with Crippen molar-refractivity contribution in [1.82, 2.24) is 14.2 Å². The highest BCUT2D eigenvalue weighted by Gasteiger charge is 2.30. The quantitative estimate of drug-likeness (QED) is 0.725. The van der Waals surface area contributed by atoms with Gasteiger partial charge in [-0.15, -0.1) is 0 Å². The summed E-state index contributed by atoms with van der Waals surface area (Å²) in [5.41, 5.74) is 0.712. The van der Waals surface area contributed by atoms with Crippen molar-refractivity contribution in [3.05, 3.63) is 48.2 Å². The highest BCUT2D eigenvalue weighted by atomic mass is 32.2. The molecule has 1 fully saturated rings. The molecule has 0 unspecified atom stereocenters. The Morgan fingerprint density at radius 3 is 2.55 bits per heavy atom. The minimum Gasteiger partial charge on any atom is -0.325 e. The monoisotopic (exact) mass is 452 g/mol. The number of hydrogen-bond acceptors (Lipinski definition) is 4. The van der Waals surface area contributed by atoms with Gasteiger partial charge in [0.25, 0.3) is 0 Å². The summed E-state index contributed by atoms with van der Waals surface area (Å²) in [6.45, 7) is 2.61. The van der Waals surface area contributed by atoms with E-state index >= 15 is 0 Å². The lowest BCUT2D eigenvalue weighted by Gasteiger charge is -2.36. The van der Waals surface area contributed by atoms with Crippen molar-refractivity contribution < 1.29 is 22.0 Å². The number of rotatable bonds is 6. The number of carbonyl (C=O) groups excluding carboxylic acids is 1. The maximum Gasteiger partial charge on any atom is 0.321 e. The molecule has 1 aliphatic rings. The van der Waals surface area contributed by atoms with Crippen LogP contribution in [0.25, 0.3) is 11.3 Å². The van der Waals surface area contributed by atoms with E-state index in [4.69, 9.17) is 0 Å². The van der Waals surface area contributed by atoms with Crippen LogP contribution < -0.4 is 5.32 Å². The smallest absolute Gasteiger partial charge is 0.321 e. The normalized spacial score (nSPS) is 15.6. The molecule has 3 rings (SSSR count). The van der Waals surface area contributed by atoms with Crippen LogP contribution in [0.15, 0.2) is 36.5 Å².